The third-order valence-electron chi connectivity index (χ3n) is 1.66. The van der Waals surface area contributed by atoms with E-state index in [1.807, 2.05) is 0 Å². The van der Waals surface area contributed by atoms with E-state index < -0.39 is 12.1 Å². The van der Waals surface area contributed by atoms with Crippen molar-refractivity contribution in [1.29, 1.82) is 0 Å². The van der Waals surface area contributed by atoms with Gasteiger partial charge in [-0.25, -0.2) is 13.8 Å². The molecule has 14 heavy (non-hydrogen) atoms. The minimum absolute atomic E-state index is 0.103. The van der Waals surface area contributed by atoms with Crippen LogP contribution in [0.25, 0.3) is 0 Å². The number of rotatable bonds is 3. The van der Waals surface area contributed by atoms with Gasteiger partial charge in [0.25, 0.3) is 6.43 Å². The third-order valence-corrected chi connectivity index (χ3v) is 1.91. The van der Waals surface area contributed by atoms with Gasteiger partial charge in [-0.05, 0) is 6.07 Å². The maximum Gasteiger partial charge on any atom is 0.282 e. The Kier molecular flexibility index (Phi) is 3.35. The number of nitrogen functional groups attached to an aromatic ring is 1. The number of carbonyl (C=O) groups is 1. The summed E-state index contributed by atoms with van der Waals surface area (Å²) < 4.78 is 24.6. The van der Waals surface area contributed by atoms with E-state index in [0.717, 1.165) is 6.07 Å². The molecule has 0 unspecified atom stereocenters. The van der Waals surface area contributed by atoms with E-state index >= 15 is 0 Å². The van der Waals surface area contributed by atoms with E-state index in [4.69, 9.17) is 17.3 Å². The molecular formula is C8H7ClF2N2O. The highest BCUT2D eigenvalue weighted by Crippen LogP contribution is 2.25. The number of nitrogens with two attached hydrogens (primary N) is 1. The van der Waals surface area contributed by atoms with Crippen LogP contribution in [0.15, 0.2) is 6.07 Å². The van der Waals surface area contributed by atoms with Crippen molar-refractivity contribution >= 4 is 23.6 Å². The van der Waals surface area contributed by atoms with Gasteiger partial charge >= 0.3 is 0 Å². The number of hydrogen-bond acceptors (Lipinski definition) is 3. The summed E-state index contributed by atoms with van der Waals surface area (Å²) in [6.45, 7) is 0. The van der Waals surface area contributed by atoms with Crippen molar-refractivity contribution < 1.29 is 13.6 Å². The average Bonchev–Trinajstić information content (AvgIpc) is 2.16. The van der Waals surface area contributed by atoms with Crippen LogP contribution in [0.1, 0.15) is 28.2 Å². The van der Waals surface area contributed by atoms with Gasteiger partial charge in [-0.15, -0.1) is 11.6 Å². The summed E-state index contributed by atoms with van der Waals surface area (Å²) in [6, 6.07) is 1.15. The Morgan fingerprint density at radius 3 is 2.71 bits per heavy atom. The molecule has 0 aliphatic carbocycles. The lowest BCUT2D eigenvalue weighted by molar-refractivity contribution is 0.112. The third kappa shape index (κ3) is 1.98. The van der Waals surface area contributed by atoms with Gasteiger partial charge in [-0.3, -0.25) is 4.79 Å². The molecule has 0 bridgehead atoms. The summed E-state index contributed by atoms with van der Waals surface area (Å²) in [6.07, 6.45) is -2.28. The normalized spacial score (nSPS) is 10.6. The second-order valence-electron chi connectivity index (χ2n) is 2.55. The molecule has 2 N–H and O–H groups in total. The van der Waals surface area contributed by atoms with E-state index in [1.54, 1.807) is 0 Å². The molecule has 0 atom stereocenters. The predicted molar refractivity (Wildman–Crippen MR) is 48.6 cm³/mol. The van der Waals surface area contributed by atoms with Gasteiger partial charge < -0.3 is 5.73 Å². The van der Waals surface area contributed by atoms with Gasteiger partial charge in [-0.2, -0.15) is 0 Å². The van der Waals surface area contributed by atoms with Gasteiger partial charge in [0.15, 0.2) is 6.29 Å². The zero-order chi connectivity index (χ0) is 10.7. The minimum Gasteiger partial charge on any atom is -0.397 e. The topological polar surface area (TPSA) is 56.0 Å². The number of nitrogens with zero attached hydrogens (tertiary/aromatic N) is 1. The minimum atomic E-state index is -2.77. The molecule has 3 nitrogen and oxygen atoms in total. The van der Waals surface area contributed by atoms with Crippen LogP contribution in [0.2, 0.25) is 0 Å². The summed E-state index contributed by atoms with van der Waals surface area (Å²) in [5, 5.41) is 0. The van der Waals surface area contributed by atoms with Crippen LogP contribution in [0.4, 0.5) is 14.5 Å². The van der Waals surface area contributed by atoms with Crippen LogP contribution >= 0.6 is 11.6 Å². The second-order valence-corrected chi connectivity index (χ2v) is 2.82. The number of alkyl halides is 3. The average molecular weight is 221 g/mol. The Bertz CT molecular complexity index is 357. The Labute approximate surface area is 83.9 Å². The molecule has 0 saturated heterocycles. The van der Waals surface area contributed by atoms with Crippen LogP contribution in [0.3, 0.4) is 0 Å². The zero-order valence-electron chi connectivity index (χ0n) is 7.01. The Balaban J connectivity index is 3.30. The quantitative estimate of drug-likeness (QED) is 0.627. The van der Waals surface area contributed by atoms with Crippen LogP contribution in [-0.2, 0) is 5.88 Å². The fourth-order valence-corrected chi connectivity index (χ4v) is 1.20. The lowest BCUT2D eigenvalue weighted by atomic mass is 10.2. The first-order valence-electron chi connectivity index (χ1n) is 3.68. The van der Waals surface area contributed by atoms with Crippen LogP contribution in [0.5, 0.6) is 0 Å². The molecule has 1 heterocycles. The number of anilines is 1. The van der Waals surface area contributed by atoms with Crippen molar-refractivity contribution in [1.82, 2.24) is 4.98 Å². The molecule has 1 aromatic rings. The first-order valence-corrected chi connectivity index (χ1v) is 4.22. The monoisotopic (exact) mass is 220 g/mol. The molecule has 0 aromatic carbocycles. The number of carbonyl (C=O) groups excluding carboxylic acids is 1. The van der Waals surface area contributed by atoms with E-state index in [9.17, 15) is 13.6 Å². The maximum absolute atomic E-state index is 12.3. The lowest BCUT2D eigenvalue weighted by Crippen LogP contribution is -2.04. The first-order chi connectivity index (χ1) is 6.60. The highest BCUT2D eigenvalue weighted by atomic mass is 35.5. The molecule has 6 heteroatoms. The van der Waals surface area contributed by atoms with Crippen molar-refractivity contribution in [3.63, 3.8) is 0 Å². The number of halogens is 3. The van der Waals surface area contributed by atoms with Crippen LogP contribution < -0.4 is 5.73 Å². The summed E-state index contributed by atoms with van der Waals surface area (Å²) >= 11 is 5.43. The maximum atomic E-state index is 12.3. The standard InChI is InChI=1S/C8H7ClF2N2O/c9-2-6-4(3-14)1-5(12)7(13-6)8(10)11/h1,3,8H,2,12H2. The molecule has 0 fully saturated rings. The molecule has 0 aliphatic heterocycles. The Morgan fingerprint density at radius 1 is 1.64 bits per heavy atom. The molecule has 0 radical (unpaired) electrons. The predicted octanol–water partition coefficient (Wildman–Crippen LogP) is 2.15. The molecule has 0 aliphatic rings. The lowest BCUT2D eigenvalue weighted by Gasteiger charge is -2.07. The molecule has 1 aromatic heterocycles. The van der Waals surface area contributed by atoms with Gasteiger partial charge in [-0.1, -0.05) is 0 Å². The largest absolute Gasteiger partial charge is 0.397 e. The molecule has 76 valence electrons. The first kappa shape index (κ1) is 10.8. The van der Waals surface area contributed by atoms with Gasteiger partial charge in [0.05, 0.1) is 17.3 Å². The van der Waals surface area contributed by atoms with Crippen LogP contribution in [0, 0.1) is 0 Å². The smallest absolute Gasteiger partial charge is 0.282 e. The molecular weight excluding hydrogens is 214 g/mol. The Hall–Kier alpha value is -1.23. The number of aldehydes is 1. The summed E-state index contributed by atoms with van der Waals surface area (Å²) in [5.74, 6) is -0.103. The van der Waals surface area contributed by atoms with Gasteiger partial charge in [0.1, 0.15) is 5.69 Å². The molecule has 0 saturated carbocycles. The van der Waals surface area contributed by atoms with Crippen molar-refractivity contribution in [2.45, 2.75) is 12.3 Å². The van der Waals surface area contributed by atoms with E-state index in [1.165, 1.54) is 0 Å². The Morgan fingerprint density at radius 2 is 2.29 bits per heavy atom. The molecule has 0 amide bonds. The fourth-order valence-electron chi connectivity index (χ4n) is 0.983. The second kappa shape index (κ2) is 4.32. The van der Waals surface area contributed by atoms with Crippen molar-refractivity contribution in [2.24, 2.45) is 0 Å². The summed E-state index contributed by atoms with van der Waals surface area (Å²) in [4.78, 5) is 14.0. The molecule has 0 spiro atoms. The fraction of sp³-hybridized carbons (Fsp3) is 0.250. The van der Waals surface area contributed by atoms with Crippen molar-refractivity contribution in [3.05, 3.63) is 23.0 Å². The zero-order valence-corrected chi connectivity index (χ0v) is 7.76. The van der Waals surface area contributed by atoms with Crippen molar-refractivity contribution in [3.8, 4) is 0 Å². The molecule has 1 rings (SSSR count). The van der Waals surface area contributed by atoms with Gasteiger partial charge in [0.2, 0.25) is 0 Å². The highest BCUT2D eigenvalue weighted by Gasteiger charge is 2.16. The highest BCUT2D eigenvalue weighted by molar-refractivity contribution is 6.17. The number of aromatic nitrogens is 1. The van der Waals surface area contributed by atoms with Crippen LogP contribution in [-0.4, -0.2) is 11.3 Å². The summed E-state index contributed by atoms with van der Waals surface area (Å²) in [5.41, 5.74) is 4.80. The van der Waals surface area contributed by atoms with E-state index in [0.29, 0.717) is 6.29 Å². The SMILES string of the molecule is Nc1cc(C=O)c(CCl)nc1C(F)F. The van der Waals surface area contributed by atoms with E-state index in [2.05, 4.69) is 4.98 Å². The van der Waals surface area contributed by atoms with E-state index in [-0.39, 0.29) is 22.8 Å². The van der Waals surface area contributed by atoms with Gasteiger partial charge in [0, 0.05) is 5.56 Å². The number of pyridine rings is 1. The number of hydrogen-bond donors (Lipinski definition) is 1. The van der Waals surface area contributed by atoms with Crippen molar-refractivity contribution in [2.75, 3.05) is 5.73 Å². The summed E-state index contributed by atoms with van der Waals surface area (Å²) in [7, 11) is 0.